The second kappa shape index (κ2) is 6.09. The van der Waals surface area contributed by atoms with E-state index in [1.54, 1.807) is 0 Å². The molecular formula is C14H14F3NO2. The first-order chi connectivity index (χ1) is 9.45. The van der Waals surface area contributed by atoms with Gasteiger partial charge < -0.3 is 10.1 Å². The summed E-state index contributed by atoms with van der Waals surface area (Å²) in [6.45, 7) is 1.53. The number of nitrogens with one attached hydrogen (secondary N) is 1. The lowest BCUT2D eigenvalue weighted by atomic mass is 10.1. The fourth-order valence-corrected chi connectivity index (χ4v) is 1.90. The van der Waals surface area contributed by atoms with Crippen LogP contribution in [0.25, 0.3) is 0 Å². The number of halogens is 3. The van der Waals surface area contributed by atoms with Crippen LogP contribution in [0.2, 0.25) is 0 Å². The maximum Gasteiger partial charge on any atom is 0.416 e. The molecule has 2 rings (SSSR count). The quantitative estimate of drug-likeness (QED) is 0.527. The summed E-state index contributed by atoms with van der Waals surface area (Å²) in [5.41, 5.74) is 0.171. The average Bonchev–Trinajstić information content (AvgIpc) is 2.39. The Morgan fingerprint density at radius 2 is 1.95 bits per heavy atom. The van der Waals surface area contributed by atoms with Crippen LogP contribution < -0.4 is 10.1 Å². The zero-order valence-corrected chi connectivity index (χ0v) is 10.7. The molecule has 1 aromatic carbocycles. The molecule has 0 amide bonds. The molecule has 1 aromatic rings. The molecular weight excluding hydrogens is 271 g/mol. The van der Waals surface area contributed by atoms with Gasteiger partial charge in [-0.15, -0.1) is 0 Å². The molecule has 1 aliphatic rings. The number of ether oxygens (including phenoxy) is 1. The molecule has 1 N–H and O–H groups in total. The topological polar surface area (TPSA) is 38.3 Å². The van der Waals surface area contributed by atoms with E-state index in [1.807, 2.05) is 6.08 Å². The summed E-state index contributed by atoms with van der Waals surface area (Å²) in [5.74, 6) is -0.355. The Morgan fingerprint density at radius 3 is 2.50 bits per heavy atom. The molecule has 0 aromatic heterocycles. The third kappa shape index (κ3) is 4.09. The summed E-state index contributed by atoms with van der Waals surface area (Å²) in [4.78, 5) is 11.6. The van der Waals surface area contributed by atoms with E-state index in [0.29, 0.717) is 6.54 Å². The Kier molecular flexibility index (Phi) is 4.44. The molecule has 20 heavy (non-hydrogen) atoms. The standard InChI is InChI=1S/C14H14F3NO2/c15-14(16,17)11-3-5-12(6-4-11)20-13(19)8-10-2-1-7-18-9-10/h2-6,18H,1,7-9H2. The predicted molar refractivity (Wildman–Crippen MR) is 67.3 cm³/mol. The van der Waals surface area contributed by atoms with Crippen LogP contribution in [0.3, 0.4) is 0 Å². The largest absolute Gasteiger partial charge is 0.426 e. The molecule has 0 saturated carbocycles. The van der Waals surface area contributed by atoms with Crippen LogP contribution in [0, 0.1) is 0 Å². The van der Waals surface area contributed by atoms with Crippen LogP contribution in [-0.2, 0) is 11.0 Å². The van der Waals surface area contributed by atoms with Gasteiger partial charge in [0.25, 0.3) is 0 Å². The van der Waals surface area contributed by atoms with Gasteiger partial charge in [-0.3, -0.25) is 4.79 Å². The summed E-state index contributed by atoms with van der Waals surface area (Å²) < 4.78 is 42.1. The molecule has 0 atom stereocenters. The smallest absolute Gasteiger partial charge is 0.416 e. The number of carbonyl (C=O) groups excluding carboxylic acids is 1. The number of benzene rings is 1. The highest BCUT2D eigenvalue weighted by Crippen LogP contribution is 2.30. The zero-order chi connectivity index (χ0) is 14.6. The molecule has 108 valence electrons. The van der Waals surface area contributed by atoms with Gasteiger partial charge in [-0.2, -0.15) is 13.2 Å². The molecule has 0 aliphatic carbocycles. The van der Waals surface area contributed by atoms with Crippen molar-refractivity contribution in [3.8, 4) is 5.75 Å². The lowest BCUT2D eigenvalue weighted by Gasteiger charge is -2.13. The average molecular weight is 285 g/mol. The predicted octanol–water partition coefficient (Wildman–Crippen LogP) is 2.92. The van der Waals surface area contributed by atoms with Crippen molar-refractivity contribution in [1.29, 1.82) is 0 Å². The van der Waals surface area contributed by atoms with Crippen molar-refractivity contribution in [2.24, 2.45) is 0 Å². The molecule has 0 spiro atoms. The van der Waals surface area contributed by atoms with E-state index in [2.05, 4.69) is 5.32 Å². The first kappa shape index (κ1) is 14.6. The van der Waals surface area contributed by atoms with E-state index in [9.17, 15) is 18.0 Å². The van der Waals surface area contributed by atoms with E-state index in [0.717, 1.165) is 42.8 Å². The van der Waals surface area contributed by atoms with Gasteiger partial charge in [-0.05, 0) is 42.8 Å². The van der Waals surface area contributed by atoms with Gasteiger partial charge in [0.15, 0.2) is 0 Å². The molecule has 6 heteroatoms. The molecule has 0 fully saturated rings. The van der Waals surface area contributed by atoms with Crippen molar-refractivity contribution < 1.29 is 22.7 Å². The van der Waals surface area contributed by atoms with Gasteiger partial charge in [0, 0.05) is 6.54 Å². The van der Waals surface area contributed by atoms with Crippen molar-refractivity contribution >= 4 is 5.97 Å². The highest BCUT2D eigenvalue weighted by Gasteiger charge is 2.30. The highest BCUT2D eigenvalue weighted by atomic mass is 19.4. The minimum Gasteiger partial charge on any atom is -0.426 e. The minimum absolute atomic E-state index is 0.118. The van der Waals surface area contributed by atoms with Gasteiger partial charge in [0.05, 0.1) is 12.0 Å². The molecule has 0 saturated heterocycles. The van der Waals surface area contributed by atoms with Crippen LogP contribution in [0.5, 0.6) is 5.75 Å². The Hall–Kier alpha value is -1.82. The number of hydrogen-bond donors (Lipinski definition) is 1. The summed E-state index contributed by atoms with van der Waals surface area (Å²) in [7, 11) is 0. The number of alkyl halides is 3. The molecule has 3 nitrogen and oxygen atoms in total. The van der Waals surface area contributed by atoms with Gasteiger partial charge >= 0.3 is 12.1 Å². The monoisotopic (exact) mass is 285 g/mol. The summed E-state index contributed by atoms with van der Waals surface area (Å²) in [5, 5.41) is 3.13. The lowest BCUT2D eigenvalue weighted by Crippen LogP contribution is -2.24. The van der Waals surface area contributed by atoms with Crippen molar-refractivity contribution in [3.63, 3.8) is 0 Å². The third-order valence-electron chi connectivity index (χ3n) is 2.89. The van der Waals surface area contributed by atoms with Crippen molar-refractivity contribution in [2.75, 3.05) is 13.1 Å². The fraction of sp³-hybridized carbons (Fsp3) is 0.357. The minimum atomic E-state index is -4.39. The Morgan fingerprint density at radius 1 is 1.25 bits per heavy atom. The van der Waals surface area contributed by atoms with Crippen LogP contribution in [-0.4, -0.2) is 19.1 Å². The Labute approximate surface area is 114 Å². The van der Waals surface area contributed by atoms with Crippen LogP contribution in [0.4, 0.5) is 13.2 Å². The number of carbonyl (C=O) groups is 1. The van der Waals surface area contributed by atoms with Gasteiger partial charge in [-0.1, -0.05) is 6.08 Å². The molecule has 1 aliphatic heterocycles. The summed E-state index contributed by atoms with van der Waals surface area (Å²) >= 11 is 0. The van der Waals surface area contributed by atoms with E-state index in [-0.39, 0.29) is 12.2 Å². The van der Waals surface area contributed by atoms with Crippen molar-refractivity contribution in [3.05, 3.63) is 41.5 Å². The SMILES string of the molecule is O=C(CC1=CCCNC1)Oc1ccc(C(F)(F)F)cc1. The van der Waals surface area contributed by atoms with Gasteiger partial charge in [0.2, 0.25) is 0 Å². The maximum absolute atomic E-state index is 12.4. The maximum atomic E-state index is 12.4. The number of esters is 1. The zero-order valence-electron chi connectivity index (χ0n) is 10.7. The summed E-state index contributed by atoms with van der Waals surface area (Å²) in [6, 6.07) is 4.08. The molecule has 0 unspecified atom stereocenters. The van der Waals surface area contributed by atoms with Crippen LogP contribution >= 0.6 is 0 Å². The van der Waals surface area contributed by atoms with E-state index in [1.165, 1.54) is 0 Å². The summed E-state index contributed by atoms with van der Waals surface area (Å²) in [6.07, 6.45) is -1.40. The van der Waals surface area contributed by atoms with Crippen molar-refractivity contribution in [1.82, 2.24) is 5.32 Å². The lowest BCUT2D eigenvalue weighted by molar-refractivity contribution is -0.137. The first-order valence-electron chi connectivity index (χ1n) is 6.22. The third-order valence-corrected chi connectivity index (χ3v) is 2.89. The van der Waals surface area contributed by atoms with E-state index in [4.69, 9.17) is 4.74 Å². The fourth-order valence-electron chi connectivity index (χ4n) is 1.90. The Bertz CT molecular complexity index is 506. The normalized spacial score (nSPS) is 15.7. The first-order valence-corrected chi connectivity index (χ1v) is 6.22. The number of hydrogen-bond acceptors (Lipinski definition) is 3. The van der Waals surface area contributed by atoms with Crippen LogP contribution in [0.1, 0.15) is 18.4 Å². The second-order valence-electron chi connectivity index (χ2n) is 4.50. The van der Waals surface area contributed by atoms with Crippen molar-refractivity contribution in [2.45, 2.75) is 19.0 Å². The van der Waals surface area contributed by atoms with Crippen LogP contribution in [0.15, 0.2) is 35.9 Å². The van der Waals surface area contributed by atoms with E-state index < -0.39 is 17.7 Å². The Balaban J connectivity index is 1.92. The van der Waals surface area contributed by atoms with E-state index >= 15 is 0 Å². The molecule has 0 radical (unpaired) electrons. The molecule has 0 bridgehead atoms. The van der Waals surface area contributed by atoms with Gasteiger partial charge in [0.1, 0.15) is 5.75 Å². The highest BCUT2D eigenvalue weighted by molar-refractivity contribution is 5.75. The second-order valence-corrected chi connectivity index (χ2v) is 4.50. The van der Waals surface area contributed by atoms with Gasteiger partial charge in [-0.25, -0.2) is 0 Å². The molecule has 1 heterocycles. The number of rotatable bonds is 3.